The summed E-state index contributed by atoms with van der Waals surface area (Å²) in [7, 11) is 3.57. The van der Waals surface area contributed by atoms with E-state index < -0.39 is 6.10 Å². The average Bonchev–Trinajstić information content (AvgIpc) is 3.13. The van der Waals surface area contributed by atoms with Gasteiger partial charge in [-0.2, -0.15) is 5.10 Å². The molecule has 0 aliphatic carbocycles. The van der Waals surface area contributed by atoms with Gasteiger partial charge in [0.25, 0.3) is 0 Å². The van der Waals surface area contributed by atoms with E-state index in [4.69, 9.17) is 19.3 Å². The third-order valence-electron chi connectivity index (χ3n) is 5.35. The number of benzene rings is 2. The second-order valence-corrected chi connectivity index (χ2v) is 8.08. The Morgan fingerprint density at radius 1 is 1.09 bits per heavy atom. The van der Waals surface area contributed by atoms with Crippen molar-refractivity contribution in [3.8, 4) is 22.9 Å². The Hall–Kier alpha value is -2.71. The summed E-state index contributed by atoms with van der Waals surface area (Å²) in [6, 6.07) is 18.1. The molecule has 3 rings (SSSR count). The Balaban J connectivity index is 1.95. The van der Waals surface area contributed by atoms with Gasteiger partial charge >= 0.3 is 0 Å². The summed E-state index contributed by atoms with van der Waals surface area (Å²) in [5, 5.41) is 15.3. The maximum absolute atomic E-state index is 10.5. The van der Waals surface area contributed by atoms with Crippen molar-refractivity contribution >= 4 is 0 Å². The van der Waals surface area contributed by atoms with Crippen LogP contribution in [-0.2, 0) is 23.1 Å². The molecule has 178 valence electrons. The van der Waals surface area contributed by atoms with E-state index in [0.29, 0.717) is 45.3 Å². The SMILES string of the molecule is CCOC[C@H](O)CN(CCOC)Cc1c(-c2ccccc2)nn(C)c1Oc1ccc(C)cc1. The number of hydrogen-bond acceptors (Lipinski definition) is 6. The molecule has 0 unspecified atom stereocenters. The molecule has 3 aromatic rings. The van der Waals surface area contributed by atoms with Crippen LogP contribution in [0, 0.1) is 6.92 Å². The fraction of sp³-hybridized carbons (Fsp3) is 0.423. The highest BCUT2D eigenvalue weighted by molar-refractivity contribution is 5.65. The summed E-state index contributed by atoms with van der Waals surface area (Å²) in [4.78, 5) is 2.15. The molecule has 1 atom stereocenters. The number of hydrogen-bond donors (Lipinski definition) is 1. The molecule has 7 heteroatoms. The van der Waals surface area contributed by atoms with Crippen molar-refractivity contribution in [3.05, 3.63) is 65.7 Å². The van der Waals surface area contributed by atoms with Crippen LogP contribution in [0.3, 0.4) is 0 Å². The van der Waals surface area contributed by atoms with Gasteiger partial charge in [0.05, 0.1) is 24.9 Å². The number of ether oxygens (including phenoxy) is 3. The zero-order chi connectivity index (χ0) is 23.6. The van der Waals surface area contributed by atoms with Crippen LogP contribution in [0.15, 0.2) is 54.6 Å². The van der Waals surface area contributed by atoms with E-state index in [1.807, 2.05) is 75.5 Å². The molecule has 1 aromatic heterocycles. The molecule has 33 heavy (non-hydrogen) atoms. The minimum Gasteiger partial charge on any atom is -0.439 e. The first-order valence-corrected chi connectivity index (χ1v) is 11.3. The van der Waals surface area contributed by atoms with E-state index in [1.54, 1.807) is 11.8 Å². The second kappa shape index (κ2) is 12.5. The molecule has 1 heterocycles. The number of aliphatic hydroxyl groups excluding tert-OH is 1. The summed E-state index contributed by atoms with van der Waals surface area (Å²) in [6.45, 7) is 7.06. The van der Waals surface area contributed by atoms with Gasteiger partial charge in [0.15, 0.2) is 0 Å². The van der Waals surface area contributed by atoms with Crippen LogP contribution in [0.25, 0.3) is 11.3 Å². The van der Waals surface area contributed by atoms with Gasteiger partial charge in [-0.1, -0.05) is 48.0 Å². The first-order valence-electron chi connectivity index (χ1n) is 11.3. The fourth-order valence-electron chi connectivity index (χ4n) is 3.65. The highest BCUT2D eigenvalue weighted by atomic mass is 16.5. The molecule has 1 N–H and O–H groups in total. The van der Waals surface area contributed by atoms with Gasteiger partial charge in [0.2, 0.25) is 5.88 Å². The number of methoxy groups -OCH3 is 1. The number of aromatic nitrogens is 2. The third-order valence-corrected chi connectivity index (χ3v) is 5.35. The summed E-state index contributed by atoms with van der Waals surface area (Å²) in [5.74, 6) is 1.43. The lowest BCUT2D eigenvalue weighted by atomic mass is 10.1. The van der Waals surface area contributed by atoms with Crippen LogP contribution >= 0.6 is 0 Å². The van der Waals surface area contributed by atoms with E-state index in [-0.39, 0.29) is 0 Å². The molecule has 0 bridgehead atoms. The van der Waals surface area contributed by atoms with Crippen molar-refractivity contribution in [3.63, 3.8) is 0 Å². The Labute approximate surface area is 196 Å². The minimum absolute atomic E-state index is 0.297. The molecule has 0 radical (unpaired) electrons. The molecule has 0 amide bonds. The van der Waals surface area contributed by atoms with Crippen LogP contribution in [0.1, 0.15) is 18.1 Å². The zero-order valence-electron chi connectivity index (χ0n) is 20.0. The number of rotatable bonds is 13. The number of aryl methyl sites for hydroxylation is 2. The molecule has 2 aromatic carbocycles. The monoisotopic (exact) mass is 453 g/mol. The van der Waals surface area contributed by atoms with Gasteiger partial charge in [-0.25, -0.2) is 4.68 Å². The van der Waals surface area contributed by atoms with E-state index in [9.17, 15) is 5.11 Å². The average molecular weight is 454 g/mol. The molecule has 7 nitrogen and oxygen atoms in total. The van der Waals surface area contributed by atoms with Crippen molar-refractivity contribution in [2.75, 3.05) is 40.0 Å². The van der Waals surface area contributed by atoms with Gasteiger partial charge < -0.3 is 19.3 Å². The quantitative estimate of drug-likeness (QED) is 0.421. The molecule has 0 aliphatic rings. The standard InChI is InChI=1S/C26H35N3O4/c1-5-32-19-22(30)17-29(15-16-31-4)18-24-25(21-9-7-6-8-10-21)27-28(3)26(24)33-23-13-11-20(2)12-14-23/h6-14,22,30H,5,15-19H2,1-4H3/t22-/m1/s1. The van der Waals surface area contributed by atoms with Crippen LogP contribution < -0.4 is 4.74 Å². The topological polar surface area (TPSA) is 69.0 Å². The summed E-state index contributed by atoms with van der Waals surface area (Å²) in [6.07, 6.45) is -0.597. The predicted molar refractivity (Wildman–Crippen MR) is 130 cm³/mol. The summed E-state index contributed by atoms with van der Waals surface area (Å²) in [5.41, 5.74) is 4.01. The van der Waals surface area contributed by atoms with Gasteiger partial charge in [-0.3, -0.25) is 4.90 Å². The first kappa shape index (κ1) is 24.9. The maximum atomic E-state index is 10.5. The third kappa shape index (κ3) is 7.14. The van der Waals surface area contributed by atoms with Crippen LogP contribution in [0.5, 0.6) is 11.6 Å². The van der Waals surface area contributed by atoms with E-state index >= 15 is 0 Å². The zero-order valence-corrected chi connectivity index (χ0v) is 20.0. The fourth-order valence-corrected chi connectivity index (χ4v) is 3.65. The predicted octanol–water partition coefficient (Wildman–Crippen LogP) is 4.03. The molecule has 0 saturated carbocycles. The molecular weight excluding hydrogens is 418 g/mol. The van der Waals surface area contributed by atoms with Crippen LogP contribution in [0.2, 0.25) is 0 Å². The van der Waals surface area contributed by atoms with Crippen LogP contribution in [0.4, 0.5) is 0 Å². The minimum atomic E-state index is -0.597. The van der Waals surface area contributed by atoms with Crippen LogP contribution in [-0.4, -0.2) is 65.9 Å². The smallest absolute Gasteiger partial charge is 0.222 e. The lowest BCUT2D eigenvalue weighted by Gasteiger charge is -2.25. The van der Waals surface area contributed by atoms with Gasteiger partial charge in [-0.05, 0) is 26.0 Å². The highest BCUT2D eigenvalue weighted by Crippen LogP contribution is 2.34. The number of nitrogens with zero attached hydrogens (tertiary/aromatic N) is 3. The summed E-state index contributed by atoms with van der Waals surface area (Å²) < 4.78 is 18.8. The Morgan fingerprint density at radius 3 is 2.48 bits per heavy atom. The van der Waals surface area contributed by atoms with E-state index in [2.05, 4.69) is 4.90 Å². The molecular formula is C26H35N3O4. The summed E-state index contributed by atoms with van der Waals surface area (Å²) >= 11 is 0. The number of aliphatic hydroxyl groups is 1. The van der Waals surface area contributed by atoms with Gasteiger partial charge in [0, 0.05) is 46.0 Å². The van der Waals surface area contributed by atoms with Crippen molar-refractivity contribution in [1.29, 1.82) is 0 Å². The largest absolute Gasteiger partial charge is 0.439 e. The normalized spacial score (nSPS) is 12.3. The molecule has 0 aliphatic heterocycles. The Bertz CT molecular complexity index is 973. The van der Waals surface area contributed by atoms with Crippen molar-refractivity contribution < 1.29 is 19.3 Å². The Morgan fingerprint density at radius 2 is 1.82 bits per heavy atom. The van der Waals surface area contributed by atoms with Gasteiger partial charge in [-0.15, -0.1) is 0 Å². The first-order chi connectivity index (χ1) is 16.0. The second-order valence-electron chi connectivity index (χ2n) is 8.08. The van der Waals surface area contributed by atoms with E-state index in [0.717, 1.165) is 22.6 Å². The van der Waals surface area contributed by atoms with Crippen molar-refractivity contribution in [2.24, 2.45) is 7.05 Å². The van der Waals surface area contributed by atoms with E-state index in [1.165, 1.54) is 5.56 Å². The Kier molecular flexibility index (Phi) is 9.45. The maximum Gasteiger partial charge on any atom is 0.222 e. The highest BCUT2D eigenvalue weighted by Gasteiger charge is 2.23. The van der Waals surface area contributed by atoms with Crippen molar-refractivity contribution in [2.45, 2.75) is 26.5 Å². The molecule has 0 spiro atoms. The lowest BCUT2D eigenvalue weighted by Crippen LogP contribution is -2.36. The van der Waals surface area contributed by atoms with Crippen molar-refractivity contribution in [1.82, 2.24) is 14.7 Å². The van der Waals surface area contributed by atoms with Gasteiger partial charge in [0.1, 0.15) is 11.4 Å². The lowest BCUT2D eigenvalue weighted by molar-refractivity contribution is 0.0148. The molecule has 0 fully saturated rings. The molecule has 0 saturated heterocycles.